The number of fused-ring (bicyclic) bond motifs is 3. The Balaban J connectivity index is 1.44. The second-order valence-electron chi connectivity index (χ2n) is 10.1. The fourth-order valence-corrected chi connectivity index (χ4v) is 5.00. The van der Waals surface area contributed by atoms with Crippen molar-refractivity contribution in [3.05, 3.63) is 77.1 Å². The van der Waals surface area contributed by atoms with Gasteiger partial charge in [0.05, 0.1) is 48.7 Å². The summed E-state index contributed by atoms with van der Waals surface area (Å²) in [7, 11) is 0. The van der Waals surface area contributed by atoms with Crippen molar-refractivity contribution in [2.45, 2.75) is 44.8 Å². The number of nitriles is 1. The molecule has 3 heterocycles. The maximum Gasteiger partial charge on any atom is 0.255 e. The second-order valence-corrected chi connectivity index (χ2v) is 10.1. The number of rotatable bonds is 4. The lowest BCUT2D eigenvalue weighted by Crippen LogP contribution is -2.49. The van der Waals surface area contributed by atoms with E-state index in [0.717, 1.165) is 40.2 Å². The number of pyridine rings is 1. The van der Waals surface area contributed by atoms with E-state index in [-0.39, 0.29) is 11.9 Å². The molecule has 0 saturated carbocycles. The molecule has 5 rings (SSSR count). The minimum absolute atomic E-state index is 0.170. The van der Waals surface area contributed by atoms with Crippen LogP contribution in [-0.2, 0) is 10.2 Å². The third kappa shape index (κ3) is 4.46. The zero-order valence-electron chi connectivity index (χ0n) is 20.8. The molecule has 7 nitrogen and oxygen atoms in total. The summed E-state index contributed by atoms with van der Waals surface area (Å²) in [6.45, 7) is 7.69. The van der Waals surface area contributed by atoms with Crippen LogP contribution < -0.4 is 10.2 Å². The number of morpholine rings is 1. The summed E-state index contributed by atoms with van der Waals surface area (Å²) in [5.41, 5.74) is 5.89. The molecule has 184 valence electrons. The van der Waals surface area contributed by atoms with Crippen LogP contribution in [0.4, 0.5) is 11.4 Å². The van der Waals surface area contributed by atoms with Gasteiger partial charge in [0.2, 0.25) is 0 Å². The average molecular weight is 483 g/mol. The van der Waals surface area contributed by atoms with Crippen molar-refractivity contribution in [2.24, 2.45) is 0 Å². The van der Waals surface area contributed by atoms with Crippen molar-refractivity contribution in [3.8, 4) is 17.2 Å². The minimum atomic E-state index is -0.686. The monoisotopic (exact) mass is 482 g/mol. The van der Waals surface area contributed by atoms with E-state index >= 15 is 0 Å². The zero-order chi connectivity index (χ0) is 25.4. The number of carbonyl (C=O) groups excluding carboxylic acids is 1. The Bertz CT molecular complexity index is 1360. The van der Waals surface area contributed by atoms with Gasteiger partial charge in [0.15, 0.2) is 0 Å². The van der Waals surface area contributed by atoms with Gasteiger partial charge in [-0.3, -0.25) is 9.78 Å². The van der Waals surface area contributed by atoms with Crippen molar-refractivity contribution < 1.29 is 14.6 Å². The third-order valence-corrected chi connectivity index (χ3v) is 7.20. The van der Waals surface area contributed by atoms with E-state index in [1.165, 1.54) is 0 Å². The first-order valence-electron chi connectivity index (χ1n) is 12.2. The van der Waals surface area contributed by atoms with Gasteiger partial charge in [-0.2, -0.15) is 5.26 Å². The number of benzene rings is 2. The number of hydrogen-bond acceptors (Lipinski definition) is 6. The molecular formula is C29H30N4O3. The van der Waals surface area contributed by atoms with Gasteiger partial charge in [0.1, 0.15) is 0 Å². The Morgan fingerprint density at radius 2 is 2.08 bits per heavy atom. The molecule has 1 aromatic heterocycles. The van der Waals surface area contributed by atoms with E-state index in [1.807, 2.05) is 45.0 Å². The number of anilines is 2. The lowest BCUT2D eigenvalue weighted by atomic mass is 9.85. The van der Waals surface area contributed by atoms with E-state index in [9.17, 15) is 15.2 Å². The van der Waals surface area contributed by atoms with Gasteiger partial charge in [-0.05, 0) is 56.2 Å². The molecule has 2 aliphatic heterocycles. The van der Waals surface area contributed by atoms with Gasteiger partial charge >= 0.3 is 0 Å². The predicted molar refractivity (Wildman–Crippen MR) is 139 cm³/mol. The SMILES string of the molecule is Cc1ncc(NC(=O)c2cccc(C(C)(C)C#N)c2)cc1-c1ccc2c(c1)N1CCOCC1CC2O. The van der Waals surface area contributed by atoms with Crippen molar-refractivity contribution in [3.63, 3.8) is 0 Å². The molecule has 1 fully saturated rings. The van der Waals surface area contributed by atoms with Gasteiger partial charge in [0.25, 0.3) is 5.91 Å². The molecule has 2 N–H and O–H groups in total. The smallest absolute Gasteiger partial charge is 0.255 e. The molecule has 3 aromatic rings. The maximum absolute atomic E-state index is 13.0. The minimum Gasteiger partial charge on any atom is -0.388 e. The van der Waals surface area contributed by atoms with Crippen molar-refractivity contribution in [2.75, 3.05) is 30.0 Å². The highest BCUT2D eigenvalue weighted by Crippen LogP contribution is 2.41. The summed E-state index contributed by atoms with van der Waals surface area (Å²) in [4.78, 5) is 19.9. The number of amides is 1. The largest absolute Gasteiger partial charge is 0.388 e. The van der Waals surface area contributed by atoms with E-state index in [2.05, 4.69) is 27.3 Å². The van der Waals surface area contributed by atoms with Gasteiger partial charge in [0, 0.05) is 41.0 Å². The number of nitrogens with zero attached hydrogens (tertiary/aromatic N) is 3. The van der Waals surface area contributed by atoms with Gasteiger partial charge < -0.3 is 20.1 Å². The zero-order valence-corrected chi connectivity index (χ0v) is 20.8. The lowest BCUT2D eigenvalue weighted by Gasteiger charge is -2.43. The predicted octanol–water partition coefficient (Wildman–Crippen LogP) is 4.75. The molecule has 0 radical (unpaired) electrons. The van der Waals surface area contributed by atoms with Crippen LogP contribution in [0.3, 0.4) is 0 Å². The molecule has 0 aliphatic carbocycles. The van der Waals surface area contributed by atoms with Crippen LogP contribution in [0.15, 0.2) is 54.7 Å². The molecule has 0 bridgehead atoms. The van der Waals surface area contributed by atoms with Crippen LogP contribution in [0.1, 0.15) is 53.6 Å². The van der Waals surface area contributed by atoms with Crippen LogP contribution in [0, 0.1) is 18.3 Å². The number of aryl methyl sites for hydroxylation is 1. The summed E-state index contributed by atoms with van der Waals surface area (Å²) < 4.78 is 5.64. The van der Waals surface area contributed by atoms with Crippen molar-refractivity contribution in [1.82, 2.24) is 4.98 Å². The summed E-state index contributed by atoms with van der Waals surface area (Å²) in [5.74, 6) is -0.257. The number of nitrogens with one attached hydrogen (secondary N) is 1. The molecule has 2 aromatic carbocycles. The number of aliphatic hydroxyl groups excluding tert-OH is 1. The van der Waals surface area contributed by atoms with E-state index in [0.29, 0.717) is 30.9 Å². The summed E-state index contributed by atoms with van der Waals surface area (Å²) >= 11 is 0. The Labute approximate surface area is 211 Å². The number of aliphatic hydroxyl groups is 1. The van der Waals surface area contributed by atoms with Crippen LogP contribution >= 0.6 is 0 Å². The molecule has 7 heteroatoms. The Morgan fingerprint density at radius 1 is 1.25 bits per heavy atom. The number of carbonyl (C=O) groups is 1. The highest BCUT2D eigenvalue weighted by Gasteiger charge is 2.34. The Morgan fingerprint density at radius 3 is 2.89 bits per heavy atom. The number of hydrogen-bond donors (Lipinski definition) is 2. The lowest BCUT2D eigenvalue weighted by molar-refractivity contribution is 0.0612. The second kappa shape index (κ2) is 9.38. The van der Waals surface area contributed by atoms with E-state index < -0.39 is 11.5 Å². The number of ether oxygens (including phenoxy) is 1. The van der Waals surface area contributed by atoms with Crippen molar-refractivity contribution in [1.29, 1.82) is 5.26 Å². The summed E-state index contributed by atoms with van der Waals surface area (Å²) in [6, 6.07) is 17.6. The molecule has 0 spiro atoms. The third-order valence-electron chi connectivity index (χ3n) is 7.20. The highest BCUT2D eigenvalue weighted by molar-refractivity contribution is 6.04. The first kappa shape index (κ1) is 24.0. The molecule has 2 atom stereocenters. The number of aromatic nitrogens is 1. The van der Waals surface area contributed by atoms with Crippen LogP contribution in [0.25, 0.3) is 11.1 Å². The van der Waals surface area contributed by atoms with Crippen LogP contribution in [-0.4, -0.2) is 41.8 Å². The average Bonchev–Trinajstić information content (AvgIpc) is 2.89. The maximum atomic E-state index is 13.0. The standard InChI is InChI=1S/C29H30N4O3/c1-18-25(19-7-8-24-26(12-19)33-9-10-36-16-23(33)14-27(24)34)13-22(15-31-18)32-28(35)20-5-4-6-21(11-20)29(2,3)17-30/h4-8,11-13,15,23,27,34H,9-10,14,16H2,1-3H3,(H,32,35). The molecule has 36 heavy (non-hydrogen) atoms. The molecule has 1 amide bonds. The normalized spacial score (nSPS) is 19.1. The fourth-order valence-electron chi connectivity index (χ4n) is 5.00. The topological polar surface area (TPSA) is 98.5 Å². The van der Waals surface area contributed by atoms with Crippen LogP contribution in [0.2, 0.25) is 0 Å². The Hall–Kier alpha value is -3.73. The van der Waals surface area contributed by atoms with E-state index in [1.54, 1.807) is 24.4 Å². The first-order chi connectivity index (χ1) is 17.3. The molecule has 2 aliphatic rings. The first-order valence-corrected chi connectivity index (χ1v) is 12.2. The fraction of sp³-hybridized carbons (Fsp3) is 0.345. The Kier molecular flexibility index (Phi) is 6.25. The van der Waals surface area contributed by atoms with Gasteiger partial charge in [-0.1, -0.05) is 24.3 Å². The van der Waals surface area contributed by atoms with E-state index in [4.69, 9.17) is 4.74 Å². The highest BCUT2D eigenvalue weighted by atomic mass is 16.5. The molecule has 2 unspecified atom stereocenters. The quantitative estimate of drug-likeness (QED) is 0.557. The van der Waals surface area contributed by atoms with Gasteiger partial charge in [-0.25, -0.2) is 0 Å². The molecular weight excluding hydrogens is 452 g/mol. The van der Waals surface area contributed by atoms with Crippen LogP contribution in [0.5, 0.6) is 0 Å². The summed E-state index contributed by atoms with van der Waals surface area (Å²) in [6.07, 6.45) is 1.81. The summed E-state index contributed by atoms with van der Waals surface area (Å²) in [5, 5.41) is 23.1. The van der Waals surface area contributed by atoms with Gasteiger partial charge in [-0.15, -0.1) is 0 Å². The van der Waals surface area contributed by atoms with Crippen molar-refractivity contribution >= 4 is 17.3 Å². The molecule has 1 saturated heterocycles.